The Labute approximate surface area is 129 Å². The summed E-state index contributed by atoms with van der Waals surface area (Å²) in [6.45, 7) is 14.6. The Bertz CT molecular complexity index is 576. The molecule has 112 valence electrons. The fourth-order valence-corrected chi connectivity index (χ4v) is 4.37. The number of benzene rings is 1. The van der Waals surface area contributed by atoms with E-state index in [-0.39, 0.29) is 5.54 Å². The van der Waals surface area contributed by atoms with Gasteiger partial charge in [-0.05, 0) is 44.2 Å². The molecule has 0 radical (unpaired) electrons. The first-order valence-electron chi connectivity index (χ1n) is 8.10. The molecule has 0 unspecified atom stereocenters. The van der Waals surface area contributed by atoms with Gasteiger partial charge >= 0.3 is 0 Å². The van der Waals surface area contributed by atoms with Crippen LogP contribution in [0.5, 0.6) is 0 Å². The molecule has 0 N–H and O–H groups in total. The molecule has 0 aromatic heterocycles. The van der Waals surface area contributed by atoms with Crippen molar-refractivity contribution >= 4 is 18.6 Å². The van der Waals surface area contributed by atoms with Crippen LogP contribution in [0.4, 0.5) is 5.69 Å². The standard InChI is InChI=1S/C18H27BN2/c1-14-17(2,3)13-18(4,5)20(14)21-16-10-8-7-9-15(16)11-12-19(21)6/h7-12,14H,13H2,1-6H3/t14-/m0/s1. The Kier molecular flexibility index (Phi) is 3.25. The molecule has 21 heavy (non-hydrogen) atoms. The van der Waals surface area contributed by atoms with Gasteiger partial charge in [0.25, 0.3) is 6.85 Å². The smallest absolute Gasteiger partial charge is 0.296 e. The molecule has 0 saturated carbocycles. The van der Waals surface area contributed by atoms with Crippen LogP contribution >= 0.6 is 0 Å². The monoisotopic (exact) mass is 282 g/mol. The predicted octanol–water partition coefficient (Wildman–Crippen LogP) is 4.49. The highest BCUT2D eigenvalue weighted by atomic mass is 15.6. The normalized spacial score (nSPS) is 27.0. The van der Waals surface area contributed by atoms with Crippen LogP contribution in [0.3, 0.4) is 0 Å². The lowest BCUT2D eigenvalue weighted by Crippen LogP contribution is -2.59. The highest BCUT2D eigenvalue weighted by Gasteiger charge is 2.52. The van der Waals surface area contributed by atoms with E-state index in [4.69, 9.17) is 0 Å². The molecule has 1 aromatic rings. The van der Waals surface area contributed by atoms with E-state index in [1.54, 1.807) is 0 Å². The molecule has 1 saturated heterocycles. The van der Waals surface area contributed by atoms with E-state index in [2.05, 4.69) is 87.7 Å². The Hall–Kier alpha value is -1.22. The van der Waals surface area contributed by atoms with E-state index >= 15 is 0 Å². The van der Waals surface area contributed by atoms with Gasteiger partial charge in [0.1, 0.15) is 0 Å². The van der Waals surface area contributed by atoms with Crippen molar-refractivity contribution in [2.75, 3.05) is 4.92 Å². The third kappa shape index (κ3) is 2.22. The maximum Gasteiger partial charge on any atom is 0.296 e. The van der Waals surface area contributed by atoms with Crippen LogP contribution in [0.1, 0.15) is 46.6 Å². The number of para-hydroxylation sites is 1. The second-order valence-corrected chi connectivity index (χ2v) is 8.00. The molecule has 3 rings (SSSR count). The molecule has 0 amide bonds. The van der Waals surface area contributed by atoms with Gasteiger partial charge in [0.05, 0.1) is 0 Å². The second kappa shape index (κ2) is 4.64. The summed E-state index contributed by atoms with van der Waals surface area (Å²) in [6, 6.07) is 9.26. The SMILES string of the molecule is CB1C=Cc2ccccc2N1N1[C@@H](C)C(C)(C)CC1(C)C. The first-order valence-corrected chi connectivity index (χ1v) is 8.10. The van der Waals surface area contributed by atoms with Gasteiger partial charge in [0, 0.05) is 17.3 Å². The van der Waals surface area contributed by atoms with E-state index in [1.807, 2.05) is 0 Å². The maximum atomic E-state index is 2.62. The van der Waals surface area contributed by atoms with Crippen molar-refractivity contribution in [1.29, 1.82) is 0 Å². The van der Waals surface area contributed by atoms with Crippen LogP contribution in [0.15, 0.2) is 30.2 Å². The fraction of sp³-hybridized carbons (Fsp3) is 0.556. The van der Waals surface area contributed by atoms with E-state index in [0.717, 1.165) is 0 Å². The second-order valence-electron chi connectivity index (χ2n) is 8.00. The zero-order valence-electron chi connectivity index (χ0n) is 14.2. The molecular formula is C18H27BN2. The van der Waals surface area contributed by atoms with Gasteiger partial charge in [-0.2, -0.15) is 0 Å². The number of fused-ring (bicyclic) bond motifs is 1. The van der Waals surface area contributed by atoms with Crippen LogP contribution in [-0.4, -0.2) is 23.4 Å². The quantitative estimate of drug-likeness (QED) is 0.700. The van der Waals surface area contributed by atoms with Crippen LogP contribution in [-0.2, 0) is 0 Å². The minimum absolute atomic E-state index is 0.176. The topological polar surface area (TPSA) is 6.48 Å². The molecule has 1 fully saturated rings. The summed E-state index contributed by atoms with van der Waals surface area (Å²) in [6.07, 6.45) is 3.48. The molecular weight excluding hydrogens is 255 g/mol. The molecule has 2 nitrogen and oxygen atoms in total. The van der Waals surface area contributed by atoms with Crippen molar-refractivity contribution < 1.29 is 0 Å². The average molecular weight is 282 g/mol. The van der Waals surface area contributed by atoms with Crippen molar-refractivity contribution in [3.63, 3.8) is 0 Å². The Morgan fingerprint density at radius 1 is 1.14 bits per heavy atom. The van der Waals surface area contributed by atoms with Crippen molar-refractivity contribution in [2.24, 2.45) is 5.41 Å². The highest BCUT2D eigenvalue weighted by molar-refractivity contribution is 6.68. The third-order valence-electron chi connectivity index (χ3n) is 5.36. The van der Waals surface area contributed by atoms with Gasteiger partial charge in [-0.15, -0.1) is 0 Å². The van der Waals surface area contributed by atoms with Crippen LogP contribution in [0, 0.1) is 5.41 Å². The fourth-order valence-electron chi connectivity index (χ4n) is 4.37. The summed E-state index contributed by atoms with van der Waals surface area (Å²) >= 11 is 0. The summed E-state index contributed by atoms with van der Waals surface area (Å²) in [5.41, 5.74) is 3.17. The third-order valence-corrected chi connectivity index (χ3v) is 5.36. The van der Waals surface area contributed by atoms with Gasteiger partial charge in [-0.25, -0.2) is 5.01 Å². The molecule has 2 aliphatic rings. The number of rotatable bonds is 1. The Morgan fingerprint density at radius 3 is 2.43 bits per heavy atom. The lowest BCUT2D eigenvalue weighted by atomic mass is 9.61. The predicted molar refractivity (Wildman–Crippen MR) is 93.4 cm³/mol. The van der Waals surface area contributed by atoms with Crippen LogP contribution in [0.25, 0.3) is 6.08 Å². The number of hydrogen-bond donors (Lipinski definition) is 0. The summed E-state index contributed by atoms with van der Waals surface area (Å²) in [7, 11) is 0. The molecule has 2 aliphatic heterocycles. The van der Waals surface area contributed by atoms with Gasteiger partial charge in [-0.1, -0.05) is 50.9 Å². The van der Waals surface area contributed by atoms with Gasteiger partial charge in [0.15, 0.2) is 0 Å². The molecule has 3 heteroatoms. The number of anilines is 1. The van der Waals surface area contributed by atoms with Gasteiger partial charge in [-0.3, -0.25) is 0 Å². The lowest BCUT2D eigenvalue weighted by Gasteiger charge is -2.48. The summed E-state index contributed by atoms with van der Waals surface area (Å²) in [5.74, 6) is 2.32. The van der Waals surface area contributed by atoms with E-state index in [9.17, 15) is 0 Å². The zero-order chi connectivity index (χ0) is 15.4. The minimum Gasteiger partial charge on any atom is -0.344 e. The zero-order valence-corrected chi connectivity index (χ0v) is 14.2. The Balaban J connectivity index is 2.09. The van der Waals surface area contributed by atoms with Gasteiger partial charge in [0.2, 0.25) is 0 Å². The summed E-state index contributed by atoms with van der Waals surface area (Å²) < 4.78 is 0. The number of hydrogen-bond acceptors (Lipinski definition) is 2. The molecule has 2 heterocycles. The summed E-state index contributed by atoms with van der Waals surface area (Å²) in [4.78, 5) is 2.52. The van der Waals surface area contributed by atoms with Crippen molar-refractivity contribution in [3.05, 3.63) is 35.8 Å². The number of hydrazine groups is 1. The maximum absolute atomic E-state index is 2.62. The van der Waals surface area contributed by atoms with Gasteiger partial charge < -0.3 is 4.92 Å². The highest BCUT2D eigenvalue weighted by Crippen LogP contribution is 2.48. The van der Waals surface area contributed by atoms with E-state index in [1.165, 1.54) is 17.7 Å². The van der Waals surface area contributed by atoms with Crippen LogP contribution in [0.2, 0.25) is 6.82 Å². The summed E-state index contributed by atoms with van der Waals surface area (Å²) in [5, 5.41) is 2.62. The molecule has 0 aliphatic carbocycles. The lowest BCUT2D eigenvalue weighted by molar-refractivity contribution is 0.132. The molecule has 0 bridgehead atoms. The van der Waals surface area contributed by atoms with Crippen molar-refractivity contribution in [3.8, 4) is 0 Å². The van der Waals surface area contributed by atoms with Crippen LogP contribution < -0.4 is 4.92 Å². The Morgan fingerprint density at radius 2 is 1.81 bits per heavy atom. The minimum atomic E-state index is 0.176. The molecule has 1 atom stereocenters. The molecule has 1 aromatic carbocycles. The first-order chi connectivity index (χ1) is 9.74. The largest absolute Gasteiger partial charge is 0.344 e. The number of nitrogens with zero attached hydrogens (tertiary/aromatic N) is 2. The first kappa shape index (κ1) is 14.7. The van der Waals surface area contributed by atoms with Crippen molar-refractivity contribution in [2.45, 2.75) is 59.4 Å². The average Bonchev–Trinajstić information content (AvgIpc) is 2.55. The molecule has 0 spiro atoms. The van der Waals surface area contributed by atoms with Crippen molar-refractivity contribution in [1.82, 2.24) is 5.01 Å². The van der Waals surface area contributed by atoms with E-state index in [0.29, 0.717) is 18.3 Å². The van der Waals surface area contributed by atoms with E-state index < -0.39 is 0 Å².